The van der Waals surface area contributed by atoms with E-state index in [1.165, 1.54) is 30.2 Å². The SMILES string of the molecule is CCc1oc2ccccc2c1CNCC1CCCC1C. The van der Waals surface area contributed by atoms with Crippen molar-refractivity contribution in [1.82, 2.24) is 5.32 Å². The molecule has 1 saturated carbocycles. The van der Waals surface area contributed by atoms with E-state index in [1.54, 1.807) is 0 Å². The fourth-order valence-corrected chi connectivity index (χ4v) is 3.54. The predicted molar refractivity (Wildman–Crippen MR) is 83.8 cm³/mol. The zero-order valence-electron chi connectivity index (χ0n) is 12.6. The molecule has 2 heteroatoms. The third kappa shape index (κ3) is 2.62. The maximum absolute atomic E-state index is 5.95. The first-order valence-electron chi connectivity index (χ1n) is 7.99. The maximum atomic E-state index is 5.95. The Morgan fingerprint density at radius 3 is 2.85 bits per heavy atom. The normalized spacial score (nSPS) is 22.7. The summed E-state index contributed by atoms with van der Waals surface area (Å²) < 4.78 is 5.95. The van der Waals surface area contributed by atoms with Gasteiger partial charge in [-0.1, -0.05) is 44.9 Å². The van der Waals surface area contributed by atoms with Gasteiger partial charge in [-0.15, -0.1) is 0 Å². The van der Waals surface area contributed by atoms with Crippen molar-refractivity contribution in [2.24, 2.45) is 11.8 Å². The molecule has 0 saturated heterocycles. The highest BCUT2D eigenvalue weighted by Crippen LogP contribution is 2.31. The van der Waals surface area contributed by atoms with Crippen LogP contribution in [0.3, 0.4) is 0 Å². The standard InChI is InChI=1S/C18H25NO/c1-3-17-16(15-9-4-5-10-18(15)20-17)12-19-11-14-8-6-7-13(14)2/h4-5,9-10,13-14,19H,3,6-8,11-12H2,1-2H3. The second kappa shape index (κ2) is 6.01. The Balaban J connectivity index is 1.70. The Kier molecular flexibility index (Phi) is 4.11. The molecular weight excluding hydrogens is 246 g/mol. The zero-order valence-corrected chi connectivity index (χ0v) is 12.6. The lowest BCUT2D eigenvalue weighted by Gasteiger charge is -2.15. The smallest absolute Gasteiger partial charge is 0.134 e. The molecule has 20 heavy (non-hydrogen) atoms. The Labute approximate surface area is 121 Å². The van der Waals surface area contributed by atoms with Crippen LogP contribution in [0.15, 0.2) is 28.7 Å². The molecule has 2 nitrogen and oxygen atoms in total. The summed E-state index contributed by atoms with van der Waals surface area (Å²) in [7, 11) is 0. The Hall–Kier alpha value is -1.28. The van der Waals surface area contributed by atoms with Crippen LogP contribution in [0.5, 0.6) is 0 Å². The molecule has 0 aliphatic heterocycles. The summed E-state index contributed by atoms with van der Waals surface area (Å²) in [5.41, 5.74) is 2.38. The molecule has 0 radical (unpaired) electrons. The molecule has 2 unspecified atom stereocenters. The first-order chi connectivity index (χ1) is 9.79. The topological polar surface area (TPSA) is 25.2 Å². The minimum Gasteiger partial charge on any atom is -0.461 e. The van der Waals surface area contributed by atoms with Crippen LogP contribution in [-0.4, -0.2) is 6.54 Å². The van der Waals surface area contributed by atoms with Crippen molar-refractivity contribution in [3.8, 4) is 0 Å². The van der Waals surface area contributed by atoms with E-state index in [0.29, 0.717) is 0 Å². The van der Waals surface area contributed by atoms with Crippen LogP contribution < -0.4 is 5.32 Å². The molecule has 3 rings (SSSR count). The van der Waals surface area contributed by atoms with Gasteiger partial charge < -0.3 is 9.73 Å². The van der Waals surface area contributed by atoms with Crippen LogP contribution in [0.25, 0.3) is 11.0 Å². The second-order valence-electron chi connectivity index (χ2n) is 6.15. The Morgan fingerprint density at radius 2 is 2.10 bits per heavy atom. The van der Waals surface area contributed by atoms with Crippen LogP contribution in [0, 0.1) is 11.8 Å². The summed E-state index contributed by atoms with van der Waals surface area (Å²) in [6.45, 7) is 6.64. The van der Waals surface area contributed by atoms with E-state index in [0.717, 1.165) is 42.7 Å². The number of hydrogen-bond donors (Lipinski definition) is 1. The first kappa shape index (κ1) is 13.7. The number of para-hydroxylation sites is 1. The maximum Gasteiger partial charge on any atom is 0.134 e. The van der Waals surface area contributed by atoms with Crippen LogP contribution in [0.2, 0.25) is 0 Å². The van der Waals surface area contributed by atoms with Gasteiger partial charge in [-0.05, 0) is 30.9 Å². The van der Waals surface area contributed by atoms with Crippen molar-refractivity contribution >= 4 is 11.0 Å². The summed E-state index contributed by atoms with van der Waals surface area (Å²) in [4.78, 5) is 0. The third-order valence-electron chi connectivity index (χ3n) is 4.85. The van der Waals surface area contributed by atoms with E-state index in [1.807, 2.05) is 6.07 Å². The van der Waals surface area contributed by atoms with Crippen molar-refractivity contribution < 1.29 is 4.42 Å². The van der Waals surface area contributed by atoms with Crippen molar-refractivity contribution in [3.63, 3.8) is 0 Å². The van der Waals surface area contributed by atoms with Gasteiger partial charge in [0.15, 0.2) is 0 Å². The monoisotopic (exact) mass is 271 g/mol. The van der Waals surface area contributed by atoms with Gasteiger partial charge >= 0.3 is 0 Å². The van der Waals surface area contributed by atoms with Crippen LogP contribution >= 0.6 is 0 Å². The van der Waals surface area contributed by atoms with Gasteiger partial charge in [-0.3, -0.25) is 0 Å². The molecule has 1 aliphatic carbocycles. The van der Waals surface area contributed by atoms with E-state index < -0.39 is 0 Å². The Bertz CT molecular complexity index is 572. The lowest BCUT2D eigenvalue weighted by Crippen LogP contribution is -2.24. The number of hydrogen-bond acceptors (Lipinski definition) is 2. The summed E-state index contributed by atoms with van der Waals surface area (Å²) in [5.74, 6) is 2.88. The molecule has 2 atom stereocenters. The van der Waals surface area contributed by atoms with Gasteiger partial charge in [0, 0.05) is 23.9 Å². The minimum absolute atomic E-state index is 0.859. The van der Waals surface area contributed by atoms with Gasteiger partial charge in [0.25, 0.3) is 0 Å². The van der Waals surface area contributed by atoms with Gasteiger partial charge in [0.1, 0.15) is 11.3 Å². The highest BCUT2D eigenvalue weighted by Gasteiger charge is 2.23. The lowest BCUT2D eigenvalue weighted by molar-refractivity contribution is 0.391. The van der Waals surface area contributed by atoms with Crippen molar-refractivity contribution in [2.45, 2.75) is 46.1 Å². The number of aryl methyl sites for hydroxylation is 1. The number of benzene rings is 1. The molecule has 1 aromatic heterocycles. The van der Waals surface area contributed by atoms with Crippen LogP contribution in [0.4, 0.5) is 0 Å². The van der Waals surface area contributed by atoms with E-state index >= 15 is 0 Å². The fraction of sp³-hybridized carbons (Fsp3) is 0.556. The van der Waals surface area contributed by atoms with E-state index in [4.69, 9.17) is 4.42 Å². The zero-order chi connectivity index (χ0) is 13.9. The molecule has 0 bridgehead atoms. The quantitative estimate of drug-likeness (QED) is 0.865. The summed E-state index contributed by atoms with van der Waals surface area (Å²) in [6.07, 6.45) is 5.16. The predicted octanol–water partition coefficient (Wildman–Crippen LogP) is 4.52. The average molecular weight is 271 g/mol. The molecular formula is C18H25NO. The molecule has 108 valence electrons. The van der Waals surface area contributed by atoms with Crippen LogP contribution in [-0.2, 0) is 13.0 Å². The lowest BCUT2D eigenvalue weighted by atomic mass is 9.98. The van der Waals surface area contributed by atoms with Gasteiger partial charge in [-0.2, -0.15) is 0 Å². The van der Waals surface area contributed by atoms with E-state index in [-0.39, 0.29) is 0 Å². The van der Waals surface area contributed by atoms with E-state index in [2.05, 4.69) is 37.4 Å². The molecule has 1 fully saturated rings. The molecule has 1 heterocycles. The molecule has 1 N–H and O–H groups in total. The van der Waals surface area contributed by atoms with Gasteiger partial charge in [0.05, 0.1) is 0 Å². The molecule has 1 aliphatic rings. The molecule has 0 amide bonds. The summed E-state index contributed by atoms with van der Waals surface area (Å²) in [6, 6.07) is 8.38. The molecule has 0 spiro atoms. The number of fused-ring (bicyclic) bond motifs is 1. The number of nitrogens with one attached hydrogen (secondary N) is 1. The average Bonchev–Trinajstić information content (AvgIpc) is 3.03. The van der Waals surface area contributed by atoms with E-state index in [9.17, 15) is 0 Å². The van der Waals surface area contributed by atoms with Crippen molar-refractivity contribution in [3.05, 3.63) is 35.6 Å². The molecule has 2 aromatic rings. The third-order valence-corrected chi connectivity index (χ3v) is 4.85. The number of furan rings is 1. The van der Waals surface area contributed by atoms with Gasteiger partial charge in [0.2, 0.25) is 0 Å². The highest BCUT2D eigenvalue weighted by molar-refractivity contribution is 5.82. The Morgan fingerprint density at radius 1 is 1.25 bits per heavy atom. The van der Waals surface area contributed by atoms with Crippen molar-refractivity contribution in [1.29, 1.82) is 0 Å². The van der Waals surface area contributed by atoms with Crippen molar-refractivity contribution in [2.75, 3.05) is 6.54 Å². The second-order valence-corrected chi connectivity index (χ2v) is 6.15. The largest absolute Gasteiger partial charge is 0.461 e. The van der Waals surface area contributed by atoms with Crippen LogP contribution in [0.1, 0.15) is 44.4 Å². The summed E-state index contributed by atoms with van der Waals surface area (Å²) >= 11 is 0. The highest BCUT2D eigenvalue weighted by atomic mass is 16.3. The first-order valence-corrected chi connectivity index (χ1v) is 7.99. The minimum atomic E-state index is 0.859. The number of rotatable bonds is 5. The van der Waals surface area contributed by atoms with Gasteiger partial charge in [-0.25, -0.2) is 0 Å². The fourth-order valence-electron chi connectivity index (χ4n) is 3.54. The summed E-state index contributed by atoms with van der Waals surface area (Å²) in [5, 5.41) is 4.94. The molecule has 1 aromatic carbocycles.